The lowest BCUT2D eigenvalue weighted by atomic mass is 10.1. The summed E-state index contributed by atoms with van der Waals surface area (Å²) in [6.45, 7) is 1.80. The summed E-state index contributed by atoms with van der Waals surface area (Å²) in [6.07, 6.45) is 4.57. The summed E-state index contributed by atoms with van der Waals surface area (Å²) in [6, 6.07) is 5.68. The molecule has 108 valence electrons. The molecule has 0 radical (unpaired) electrons. The molecule has 1 aromatic rings. The van der Waals surface area contributed by atoms with Crippen LogP contribution < -0.4 is 4.74 Å². The molecule has 1 saturated heterocycles. The first-order chi connectivity index (χ1) is 9.84. The van der Waals surface area contributed by atoms with Crippen LogP contribution in [0.2, 0.25) is 0 Å². The van der Waals surface area contributed by atoms with Gasteiger partial charge in [-0.2, -0.15) is 0 Å². The van der Waals surface area contributed by atoms with Gasteiger partial charge < -0.3 is 14.2 Å². The van der Waals surface area contributed by atoms with E-state index in [-0.39, 0.29) is 12.1 Å². The van der Waals surface area contributed by atoms with Crippen LogP contribution in [0.15, 0.2) is 18.2 Å². The Labute approximate surface area is 119 Å². The van der Waals surface area contributed by atoms with E-state index in [0.29, 0.717) is 19.6 Å². The van der Waals surface area contributed by atoms with E-state index < -0.39 is 0 Å². The Hall–Kier alpha value is -1.39. The van der Waals surface area contributed by atoms with Crippen molar-refractivity contribution in [2.75, 3.05) is 19.8 Å². The molecule has 0 saturated carbocycles. The van der Waals surface area contributed by atoms with E-state index in [1.165, 1.54) is 6.42 Å². The van der Waals surface area contributed by atoms with Crippen LogP contribution in [-0.4, -0.2) is 31.9 Å². The average molecular weight is 276 g/mol. The summed E-state index contributed by atoms with van der Waals surface area (Å²) in [4.78, 5) is 11.7. The molecule has 1 atom stereocenters. The first kappa shape index (κ1) is 13.6. The summed E-state index contributed by atoms with van der Waals surface area (Å²) < 4.78 is 16.9. The highest BCUT2D eigenvalue weighted by atomic mass is 16.7. The molecule has 1 fully saturated rings. The fraction of sp³-hybridized carbons (Fsp3) is 0.562. The summed E-state index contributed by atoms with van der Waals surface area (Å²) in [5.74, 6) is 1.04. The largest absolute Gasteiger partial charge is 0.491 e. The fourth-order valence-corrected chi connectivity index (χ4v) is 2.77. The summed E-state index contributed by atoms with van der Waals surface area (Å²) in [5.41, 5.74) is 1.87. The van der Waals surface area contributed by atoms with Gasteiger partial charge in [-0.1, -0.05) is 12.1 Å². The van der Waals surface area contributed by atoms with Gasteiger partial charge in [0.25, 0.3) is 0 Å². The van der Waals surface area contributed by atoms with E-state index in [1.54, 1.807) is 0 Å². The summed E-state index contributed by atoms with van der Waals surface area (Å²) in [7, 11) is 0. The molecule has 1 aliphatic heterocycles. The fourth-order valence-electron chi connectivity index (χ4n) is 2.77. The molecule has 0 amide bonds. The van der Waals surface area contributed by atoms with E-state index in [1.807, 2.05) is 18.2 Å². The van der Waals surface area contributed by atoms with Gasteiger partial charge >= 0.3 is 0 Å². The topological polar surface area (TPSA) is 44.8 Å². The number of hydrogen-bond donors (Lipinski definition) is 0. The van der Waals surface area contributed by atoms with Crippen LogP contribution in [-0.2, 0) is 15.9 Å². The molecule has 0 aromatic heterocycles. The predicted molar refractivity (Wildman–Crippen MR) is 74.1 cm³/mol. The maximum absolute atomic E-state index is 11.7. The van der Waals surface area contributed by atoms with E-state index in [4.69, 9.17) is 14.2 Å². The number of ether oxygens (including phenoxy) is 3. The summed E-state index contributed by atoms with van der Waals surface area (Å²) >= 11 is 0. The molecular weight excluding hydrogens is 256 g/mol. The monoisotopic (exact) mass is 276 g/mol. The number of carbonyl (C=O) groups is 1. The minimum Gasteiger partial charge on any atom is -0.491 e. The second-order valence-electron chi connectivity index (χ2n) is 5.22. The van der Waals surface area contributed by atoms with Crippen molar-refractivity contribution in [1.82, 2.24) is 0 Å². The highest BCUT2D eigenvalue weighted by Gasteiger charge is 2.22. The van der Waals surface area contributed by atoms with Crippen LogP contribution in [0.1, 0.15) is 41.6 Å². The van der Waals surface area contributed by atoms with Gasteiger partial charge in [0, 0.05) is 24.2 Å². The van der Waals surface area contributed by atoms with E-state index in [2.05, 4.69) is 0 Å². The van der Waals surface area contributed by atoms with Gasteiger partial charge in [0.2, 0.25) is 0 Å². The second-order valence-corrected chi connectivity index (χ2v) is 5.22. The van der Waals surface area contributed by atoms with Crippen molar-refractivity contribution in [3.63, 3.8) is 0 Å². The zero-order valence-corrected chi connectivity index (χ0v) is 11.6. The van der Waals surface area contributed by atoms with Crippen LogP contribution in [0.25, 0.3) is 0 Å². The van der Waals surface area contributed by atoms with Gasteiger partial charge in [0.05, 0.1) is 6.61 Å². The Bertz CT molecular complexity index is 477. The van der Waals surface area contributed by atoms with E-state index in [0.717, 1.165) is 42.7 Å². The van der Waals surface area contributed by atoms with Crippen molar-refractivity contribution in [2.45, 2.75) is 38.4 Å². The van der Waals surface area contributed by atoms with Crippen molar-refractivity contribution >= 4 is 5.78 Å². The van der Waals surface area contributed by atoms with Gasteiger partial charge in [0.1, 0.15) is 12.4 Å². The molecule has 3 rings (SSSR count). The molecule has 0 unspecified atom stereocenters. The lowest BCUT2D eigenvalue weighted by molar-refractivity contribution is -0.165. The number of benzene rings is 1. The Kier molecular flexibility index (Phi) is 4.33. The highest BCUT2D eigenvalue weighted by Crippen LogP contribution is 2.30. The molecule has 4 heteroatoms. The normalized spacial score (nSPS) is 21.8. The van der Waals surface area contributed by atoms with Crippen LogP contribution in [0.3, 0.4) is 0 Å². The SMILES string of the molecule is O=C1CCc2c(OCCO[C@H]3CCCCO3)cccc21. The smallest absolute Gasteiger partial charge is 0.163 e. The number of carbonyl (C=O) groups excluding carboxylic acids is 1. The molecule has 4 nitrogen and oxygen atoms in total. The van der Waals surface area contributed by atoms with Gasteiger partial charge in [-0.25, -0.2) is 0 Å². The van der Waals surface area contributed by atoms with E-state index in [9.17, 15) is 4.79 Å². The Balaban J connectivity index is 1.48. The first-order valence-corrected chi connectivity index (χ1v) is 7.36. The third kappa shape index (κ3) is 3.02. The molecule has 2 aliphatic rings. The van der Waals surface area contributed by atoms with Crippen molar-refractivity contribution in [3.8, 4) is 5.75 Å². The van der Waals surface area contributed by atoms with Crippen molar-refractivity contribution in [2.24, 2.45) is 0 Å². The molecular formula is C16H20O4. The van der Waals surface area contributed by atoms with Crippen molar-refractivity contribution in [3.05, 3.63) is 29.3 Å². The Morgan fingerprint density at radius 2 is 2.15 bits per heavy atom. The zero-order chi connectivity index (χ0) is 13.8. The molecule has 20 heavy (non-hydrogen) atoms. The number of fused-ring (bicyclic) bond motifs is 1. The lowest BCUT2D eigenvalue weighted by Crippen LogP contribution is -2.24. The maximum atomic E-state index is 11.7. The maximum Gasteiger partial charge on any atom is 0.163 e. The minimum atomic E-state index is -0.0737. The Morgan fingerprint density at radius 3 is 3.00 bits per heavy atom. The minimum absolute atomic E-state index is 0.0737. The van der Waals surface area contributed by atoms with Crippen LogP contribution in [0.4, 0.5) is 0 Å². The van der Waals surface area contributed by atoms with Crippen LogP contribution >= 0.6 is 0 Å². The quantitative estimate of drug-likeness (QED) is 0.776. The van der Waals surface area contributed by atoms with Crippen LogP contribution in [0.5, 0.6) is 5.75 Å². The van der Waals surface area contributed by atoms with Gasteiger partial charge in [-0.05, 0) is 31.7 Å². The molecule has 1 heterocycles. The third-order valence-electron chi connectivity index (χ3n) is 3.82. The Morgan fingerprint density at radius 1 is 1.20 bits per heavy atom. The number of Topliss-reactive ketones (excluding diaryl/α,β-unsaturated/α-hetero) is 1. The van der Waals surface area contributed by atoms with Gasteiger partial charge in [-0.15, -0.1) is 0 Å². The summed E-state index contributed by atoms with van der Waals surface area (Å²) in [5, 5.41) is 0. The number of rotatable bonds is 5. The molecule has 0 N–H and O–H groups in total. The zero-order valence-electron chi connectivity index (χ0n) is 11.6. The van der Waals surface area contributed by atoms with Crippen molar-refractivity contribution < 1.29 is 19.0 Å². The third-order valence-corrected chi connectivity index (χ3v) is 3.82. The molecule has 0 spiro atoms. The van der Waals surface area contributed by atoms with E-state index >= 15 is 0 Å². The number of ketones is 1. The molecule has 1 aromatic carbocycles. The second kappa shape index (κ2) is 6.37. The van der Waals surface area contributed by atoms with Gasteiger partial charge in [0.15, 0.2) is 12.1 Å². The van der Waals surface area contributed by atoms with Crippen LogP contribution in [0, 0.1) is 0 Å². The first-order valence-electron chi connectivity index (χ1n) is 7.36. The molecule has 1 aliphatic carbocycles. The number of hydrogen-bond acceptors (Lipinski definition) is 4. The standard InChI is InChI=1S/C16H20O4/c17-14-8-7-13-12(14)4-3-5-15(13)18-10-11-20-16-6-1-2-9-19-16/h3-5,16H,1-2,6-11H2/t16-/m0/s1. The lowest BCUT2D eigenvalue weighted by Gasteiger charge is -2.22. The predicted octanol–water partition coefficient (Wildman–Crippen LogP) is 2.74. The highest BCUT2D eigenvalue weighted by molar-refractivity contribution is 6.01. The van der Waals surface area contributed by atoms with Gasteiger partial charge in [-0.3, -0.25) is 4.79 Å². The average Bonchev–Trinajstić information content (AvgIpc) is 2.87. The molecule has 0 bridgehead atoms. The van der Waals surface area contributed by atoms with Crippen molar-refractivity contribution in [1.29, 1.82) is 0 Å².